The van der Waals surface area contributed by atoms with Crippen molar-refractivity contribution in [3.8, 4) is 17.6 Å². The number of aryl methyl sites for hydroxylation is 1. The monoisotopic (exact) mass is 309 g/mol. The van der Waals surface area contributed by atoms with E-state index in [9.17, 15) is 4.79 Å². The van der Waals surface area contributed by atoms with Crippen LogP contribution >= 0.6 is 0 Å². The Morgan fingerprint density at radius 3 is 2.70 bits per heavy atom. The van der Waals surface area contributed by atoms with Crippen molar-refractivity contribution in [1.29, 1.82) is 0 Å². The van der Waals surface area contributed by atoms with E-state index in [4.69, 9.17) is 9.47 Å². The standard InChI is InChI=1S/C19H19NO3/c1-15-11-17(13-18(12-15)22-2)9-6-10-20-19(21)23-14-16-7-4-3-5-8-16/h3-5,7-8,11-13H,10,14H2,1-2H3,(H,20,21). The van der Waals surface area contributed by atoms with Crippen molar-refractivity contribution in [2.75, 3.05) is 13.7 Å². The fourth-order valence-electron chi connectivity index (χ4n) is 1.97. The Morgan fingerprint density at radius 1 is 1.17 bits per heavy atom. The Bertz CT molecular complexity index is 714. The molecule has 4 heteroatoms. The molecular formula is C19H19NO3. The van der Waals surface area contributed by atoms with Crippen LogP contribution in [0.25, 0.3) is 0 Å². The minimum absolute atomic E-state index is 0.226. The summed E-state index contributed by atoms with van der Waals surface area (Å²) in [7, 11) is 1.62. The molecule has 0 fully saturated rings. The van der Waals surface area contributed by atoms with Gasteiger partial charge in [-0.2, -0.15) is 0 Å². The Balaban J connectivity index is 1.79. The van der Waals surface area contributed by atoms with Gasteiger partial charge in [-0.25, -0.2) is 4.79 Å². The predicted molar refractivity (Wildman–Crippen MR) is 89.2 cm³/mol. The highest BCUT2D eigenvalue weighted by Crippen LogP contribution is 2.15. The minimum Gasteiger partial charge on any atom is -0.497 e. The first-order valence-corrected chi connectivity index (χ1v) is 7.26. The van der Waals surface area contributed by atoms with Gasteiger partial charge in [-0.05, 0) is 36.2 Å². The van der Waals surface area contributed by atoms with Gasteiger partial charge >= 0.3 is 6.09 Å². The molecule has 0 unspecified atom stereocenters. The summed E-state index contributed by atoms with van der Waals surface area (Å²) in [6, 6.07) is 15.3. The summed E-state index contributed by atoms with van der Waals surface area (Å²) in [5.74, 6) is 6.65. The topological polar surface area (TPSA) is 47.6 Å². The van der Waals surface area contributed by atoms with Crippen LogP contribution in [0.2, 0.25) is 0 Å². The fourth-order valence-corrected chi connectivity index (χ4v) is 1.97. The lowest BCUT2D eigenvalue weighted by atomic mass is 10.1. The van der Waals surface area contributed by atoms with Gasteiger partial charge in [0, 0.05) is 5.56 Å². The van der Waals surface area contributed by atoms with Crippen LogP contribution in [0.5, 0.6) is 5.75 Å². The number of hydrogen-bond acceptors (Lipinski definition) is 3. The number of carbonyl (C=O) groups is 1. The molecule has 0 aliphatic carbocycles. The molecule has 1 N–H and O–H groups in total. The molecular weight excluding hydrogens is 290 g/mol. The van der Waals surface area contributed by atoms with E-state index in [2.05, 4.69) is 17.2 Å². The second kappa shape index (κ2) is 8.50. The highest BCUT2D eigenvalue weighted by Gasteiger charge is 2.00. The summed E-state index contributed by atoms with van der Waals surface area (Å²) in [6.45, 7) is 2.45. The number of rotatable bonds is 4. The van der Waals surface area contributed by atoms with Crippen LogP contribution in [-0.2, 0) is 11.3 Å². The lowest BCUT2D eigenvalue weighted by Gasteiger charge is -2.04. The molecule has 0 saturated heterocycles. The Hall–Kier alpha value is -2.93. The first kappa shape index (κ1) is 16.4. The van der Waals surface area contributed by atoms with E-state index < -0.39 is 6.09 Å². The van der Waals surface area contributed by atoms with Crippen molar-refractivity contribution in [3.05, 3.63) is 65.2 Å². The smallest absolute Gasteiger partial charge is 0.408 e. The number of carbonyl (C=O) groups excluding carboxylic acids is 1. The third kappa shape index (κ3) is 5.76. The van der Waals surface area contributed by atoms with Crippen LogP contribution in [0.1, 0.15) is 16.7 Å². The van der Waals surface area contributed by atoms with Crippen molar-refractivity contribution in [2.24, 2.45) is 0 Å². The second-order valence-corrected chi connectivity index (χ2v) is 4.96. The molecule has 0 bridgehead atoms. The van der Waals surface area contributed by atoms with E-state index in [1.165, 1.54) is 0 Å². The highest BCUT2D eigenvalue weighted by atomic mass is 16.5. The molecule has 0 heterocycles. The SMILES string of the molecule is COc1cc(C)cc(C#CCNC(=O)OCc2ccccc2)c1. The van der Waals surface area contributed by atoms with Gasteiger partial charge in [-0.15, -0.1) is 0 Å². The normalized spacial score (nSPS) is 9.48. The third-order valence-electron chi connectivity index (χ3n) is 3.05. The third-order valence-corrected chi connectivity index (χ3v) is 3.05. The quantitative estimate of drug-likeness (QED) is 0.882. The van der Waals surface area contributed by atoms with Gasteiger partial charge in [0.1, 0.15) is 12.4 Å². The molecule has 0 aliphatic heterocycles. The summed E-state index contributed by atoms with van der Waals surface area (Å²) >= 11 is 0. The second-order valence-electron chi connectivity index (χ2n) is 4.96. The van der Waals surface area contributed by atoms with E-state index in [-0.39, 0.29) is 13.2 Å². The number of alkyl carbamates (subject to hydrolysis) is 1. The number of benzene rings is 2. The predicted octanol–water partition coefficient (Wildman–Crippen LogP) is 3.28. The molecule has 0 spiro atoms. The van der Waals surface area contributed by atoms with Crippen molar-refractivity contribution in [3.63, 3.8) is 0 Å². The summed E-state index contributed by atoms with van der Waals surface area (Å²) in [4.78, 5) is 11.6. The van der Waals surface area contributed by atoms with Crippen LogP contribution in [0.15, 0.2) is 48.5 Å². The molecule has 118 valence electrons. The molecule has 2 aromatic rings. The van der Waals surface area contributed by atoms with Gasteiger partial charge in [0.15, 0.2) is 0 Å². The van der Waals surface area contributed by atoms with E-state index in [0.29, 0.717) is 0 Å². The summed E-state index contributed by atoms with van der Waals surface area (Å²) in [6.07, 6.45) is -0.482. The molecule has 23 heavy (non-hydrogen) atoms. The van der Waals surface area contributed by atoms with Crippen molar-refractivity contribution >= 4 is 6.09 Å². The molecule has 4 nitrogen and oxygen atoms in total. The van der Waals surface area contributed by atoms with E-state index in [1.54, 1.807) is 7.11 Å². The van der Waals surface area contributed by atoms with Gasteiger partial charge in [-0.1, -0.05) is 42.2 Å². The highest BCUT2D eigenvalue weighted by molar-refractivity contribution is 5.67. The van der Waals surface area contributed by atoms with Gasteiger partial charge in [0.05, 0.1) is 13.7 Å². The Kier molecular flexibility index (Phi) is 6.07. The van der Waals surface area contributed by atoms with Crippen LogP contribution < -0.4 is 10.1 Å². The number of methoxy groups -OCH3 is 1. The maximum atomic E-state index is 11.6. The van der Waals surface area contributed by atoms with Crippen molar-refractivity contribution in [1.82, 2.24) is 5.32 Å². The molecule has 2 rings (SSSR count). The van der Waals surface area contributed by atoms with Crippen molar-refractivity contribution < 1.29 is 14.3 Å². The van der Waals surface area contributed by atoms with Crippen LogP contribution in [0.4, 0.5) is 4.79 Å². The first-order chi connectivity index (χ1) is 11.2. The summed E-state index contributed by atoms with van der Waals surface area (Å²) in [5, 5.41) is 2.60. The maximum Gasteiger partial charge on any atom is 0.408 e. The molecule has 0 aromatic heterocycles. The molecule has 1 amide bonds. The summed E-state index contributed by atoms with van der Waals surface area (Å²) in [5.41, 5.74) is 2.87. The zero-order chi connectivity index (χ0) is 16.5. The largest absolute Gasteiger partial charge is 0.497 e. The Morgan fingerprint density at radius 2 is 1.96 bits per heavy atom. The van der Waals surface area contributed by atoms with E-state index >= 15 is 0 Å². The lowest BCUT2D eigenvalue weighted by Crippen LogP contribution is -2.24. The number of nitrogens with one attached hydrogen (secondary N) is 1. The van der Waals surface area contributed by atoms with Gasteiger partial charge in [0.25, 0.3) is 0 Å². The molecule has 0 saturated carbocycles. The van der Waals surface area contributed by atoms with Gasteiger partial charge < -0.3 is 14.8 Å². The number of amides is 1. The minimum atomic E-state index is -0.482. The lowest BCUT2D eigenvalue weighted by molar-refractivity contribution is 0.141. The maximum absolute atomic E-state index is 11.6. The summed E-state index contributed by atoms with van der Waals surface area (Å²) < 4.78 is 10.3. The number of ether oxygens (including phenoxy) is 2. The zero-order valence-corrected chi connectivity index (χ0v) is 13.3. The van der Waals surface area contributed by atoms with Crippen LogP contribution in [0.3, 0.4) is 0 Å². The van der Waals surface area contributed by atoms with Gasteiger partial charge in [-0.3, -0.25) is 0 Å². The first-order valence-electron chi connectivity index (χ1n) is 7.26. The molecule has 0 aliphatic rings. The molecule has 0 radical (unpaired) electrons. The average molecular weight is 309 g/mol. The average Bonchev–Trinajstić information content (AvgIpc) is 2.57. The molecule has 0 atom stereocenters. The van der Waals surface area contributed by atoms with E-state index in [1.807, 2.05) is 55.5 Å². The van der Waals surface area contributed by atoms with Crippen molar-refractivity contribution in [2.45, 2.75) is 13.5 Å². The van der Waals surface area contributed by atoms with Gasteiger partial charge in [0.2, 0.25) is 0 Å². The molecule has 2 aromatic carbocycles. The van der Waals surface area contributed by atoms with Crippen LogP contribution in [0, 0.1) is 18.8 Å². The number of hydrogen-bond donors (Lipinski definition) is 1. The van der Waals surface area contributed by atoms with Crippen LogP contribution in [-0.4, -0.2) is 19.7 Å². The van der Waals surface area contributed by atoms with E-state index in [0.717, 1.165) is 22.4 Å². The fraction of sp³-hybridized carbons (Fsp3) is 0.211. The Labute approximate surface area is 136 Å². The zero-order valence-electron chi connectivity index (χ0n) is 13.3.